The van der Waals surface area contributed by atoms with E-state index in [-0.39, 0.29) is 28.4 Å². The largest absolute Gasteiger partial charge is 0.311 e. The minimum absolute atomic E-state index is 0.00943. The van der Waals surface area contributed by atoms with Gasteiger partial charge in [0.25, 0.3) is 6.71 Å². The second-order valence-electron chi connectivity index (χ2n) is 20.7. The average Bonchev–Trinajstić information content (AvgIpc) is 3.69. The number of fused-ring (bicyclic) bond motifs is 11. The van der Waals surface area contributed by atoms with Crippen LogP contribution in [0, 0.1) is 0 Å². The normalized spacial score (nSPS) is 15.4. The zero-order valence-corrected chi connectivity index (χ0v) is 36.1. The highest BCUT2D eigenvalue weighted by atomic mass is 32.1. The maximum absolute atomic E-state index is 2.69. The molecule has 6 aromatic carbocycles. The van der Waals surface area contributed by atoms with E-state index in [0.717, 1.165) is 0 Å². The maximum Gasteiger partial charge on any atom is 0.252 e. The van der Waals surface area contributed by atoms with Crippen molar-refractivity contribution in [1.82, 2.24) is 4.57 Å². The van der Waals surface area contributed by atoms with Gasteiger partial charge in [0.05, 0.1) is 21.4 Å². The van der Waals surface area contributed by atoms with E-state index in [0.29, 0.717) is 0 Å². The first-order valence-electron chi connectivity index (χ1n) is 20.8. The lowest BCUT2D eigenvalue weighted by molar-refractivity contribution is 0.590. The summed E-state index contributed by atoms with van der Waals surface area (Å²) in [6.07, 6.45) is 0. The lowest BCUT2D eigenvalue weighted by Crippen LogP contribution is -2.60. The first-order valence-corrected chi connectivity index (χ1v) is 21.6. The third-order valence-corrected chi connectivity index (χ3v) is 14.9. The molecule has 0 atom stereocenters. The molecule has 4 aliphatic rings. The van der Waals surface area contributed by atoms with Crippen LogP contribution in [-0.2, 0) is 21.7 Å². The van der Waals surface area contributed by atoms with Crippen LogP contribution >= 0.6 is 11.3 Å². The number of thiophene rings is 1. The third kappa shape index (κ3) is 4.77. The van der Waals surface area contributed by atoms with Crippen LogP contribution < -0.4 is 21.3 Å². The lowest BCUT2D eigenvalue weighted by atomic mass is 9.33. The van der Waals surface area contributed by atoms with E-state index >= 15 is 0 Å². The van der Waals surface area contributed by atoms with Crippen molar-refractivity contribution in [1.29, 1.82) is 0 Å². The fourth-order valence-corrected chi connectivity index (χ4v) is 11.4. The lowest BCUT2D eigenvalue weighted by Gasteiger charge is -2.43. The monoisotopic (exact) mass is 758 g/mol. The van der Waals surface area contributed by atoms with Gasteiger partial charge in [0.2, 0.25) is 0 Å². The number of anilines is 3. The van der Waals surface area contributed by atoms with Gasteiger partial charge in [0.1, 0.15) is 0 Å². The molecular weight excluding hydrogens is 707 g/mol. The maximum atomic E-state index is 2.69. The molecule has 0 unspecified atom stereocenters. The molecule has 0 N–H and O–H groups in total. The molecule has 0 saturated heterocycles. The molecule has 4 aliphatic heterocycles. The zero-order chi connectivity index (χ0) is 39.7. The summed E-state index contributed by atoms with van der Waals surface area (Å²) in [7, 11) is 0. The van der Waals surface area contributed by atoms with Crippen molar-refractivity contribution in [3.8, 4) is 16.8 Å². The quantitative estimate of drug-likeness (QED) is 0.140. The van der Waals surface area contributed by atoms with E-state index in [9.17, 15) is 0 Å². The Labute approximate surface area is 342 Å². The molecule has 282 valence electrons. The summed E-state index contributed by atoms with van der Waals surface area (Å²) < 4.78 is 5.43. The van der Waals surface area contributed by atoms with Crippen molar-refractivity contribution < 1.29 is 0 Å². The topological polar surface area (TPSA) is 8.17 Å². The van der Waals surface area contributed by atoms with Crippen molar-refractivity contribution in [3.63, 3.8) is 0 Å². The summed E-state index contributed by atoms with van der Waals surface area (Å²) in [6.45, 7) is 26.1. The van der Waals surface area contributed by atoms with Crippen LogP contribution in [0.1, 0.15) is 104 Å². The van der Waals surface area contributed by atoms with E-state index in [1.807, 2.05) is 11.3 Å². The Morgan fingerprint density at radius 1 is 0.526 bits per heavy atom. The van der Waals surface area contributed by atoms with Crippen LogP contribution in [0.3, 0.4) is 0 Å². The van der Waals surface area contributed by atoms with E-state index in [4.69, 9.17) is 0 Å². The van der Waals surface area contributed by atoms with Gasteiger partial charge in [-0.3, -0.25) is 0 Å². The van der Waals surface area contributed by atoms with Gasteiger partial charge in [-0.05, 0) is 108 Å². The highest BCUT2D eigenvalue weighted by Crippen LogP contribution is 2.51. The van der Waals surface area contributed by atoms with Gasteiger partial charge in [0, 0.05) is 43.5 Å². The number of hydrogen-bond acceptors (Lipinski definition) is 2. The van der Waals surface area contributed by atoms with Crippen LogP contribution in [-0.4, -0.2) is 11.3 Å². The zero-order valence-electron chi connectivity index (χ0n) is 35.3. The molecule has 4 bridgehead atoms. The molecule has 4 heteroatoms. The standard InChI is InChI=1S/C53H51BN2S/c1-50(2,3)32-21-23-41-37(24-32)30-16-18-31(19-17-30)53(10,11)35-28-43-46-44(29-35)56-47-38(49-48(56)36-14-12-13-15-45(36)57-49)25-34(52(7,8)9)26-40(47)54(46)39-22-20-33(51(4,5)6)27-42(39)55(41)43/h12-29H,1-11H3. The van der Waals surface area contributed by atoms with Crippen molar-refractivity contribution in [2.75, 3.05) is 4.90 Å². The summed E-state index contributed by atoms with van der Waals surface area (Å²) in [5, 5.41) is 2.72. The first-order chi connectivity index (χ1) is 26.9. The summed E-state index contributed by atoms with van der Waals surface area (Å²) >= 11 is 1.96. The van der Waals surface area contributed by atoms with E-state index in [1.54, 1.807) is 0 Å². The molecule has 0 spiro atoms. The Morgan fingerprint density at radius 3 is 1.91 bits per heavy atom. The number of nitrogens with zero attached hydrogens (tertiary/aromatic N) is 2. The van der Waals surface area contributed by atoms with Gasteiger partial charge in [-0.25, -0.2) is 0 Å². The summed E-state index contributed by atoms with van der Waals surface area (Å²) in [4.78, 5) is 2.67. The fourth-order valence-electron chi connectivity index (χ4n) is 10.1. The molecule has 2 aromatic heterocycles. The predicted octanol–water partition coefficient (Wildman–Crippen LogP) is 12.8. The van der Waals surface area contributed by atoms with E-state index in [2.05, 4.69) is 195 Å². The minimum atomic E-state index is -0.246. The van der Waals surface area contributed by atoms with Crippen LogP contribution in [0.4, 0.5) is 17.1 Å². The Bertz CT molecular complexity index is 3040. The molecule has 0 saturated carbocycles. The second-order valence-corrected chi connectivity index (χ2v) is 21.8. The number of benzene rings is 6. The molecular formula is C53H51BN2S. The van der Waals surface area contributed by atoms with Gasteiger partial charge >= 0.3 is 0 Å². The number of aromatic nitrogens is 1. The Morgan fingerprint density at radius 2 is 1.19 bits per heavy atom. The molecule has 0 radical (unpaired) electrons. The smallest absolute Gasteiger partial charge is 0.252 e. The Hall–Kier alpha value is -5.06. The SMILES string of the molecule is CC(C)(C)c1ccc2c(c1)-c1ccc(cc1)C(C)(C)c1cc3c4c(c1)-n1c5c(cc(C(C)(C)C)cc5c5sc6ccccc6c51)B4c1ccc(C(C)(C)C)cc1N23. The fraction of sp³-hybridized carbons (Fsp3) is 0.283. The molecule has 57 heavy (non-hydrogen) atoms. The average molecular weight is 759 g/mol. The van der Waals surface area contributed by atoms with Crippen LogP contribution in [0.25, 0.3) is 48.0 Å². The first kappa shape index (κ1) is 35.1. The van der Waals surface area contributed by atoms with Crippen molar-refractivity contribution in [2.24, 2.45) is 0 Å². The summed E-state index contributed by atoms with van der Waals surface area (Å²) in [5.41, 5.74) is 21.1. The molecule has 0 aliphatic carbocycles. The van der Waals surface area contributed by atoms with Crippen LogP contribution in [0.2, 0.25) is 0 Å². The predicted molar refractivity (Wildman–Crippen MR) is 249 cm³/mol. The molecule has 8 aromatic rings. The van der Waals surface area contributed by atoms with E-state index in [1.165, 1.54) is 109 Å². The Balaban J connectivity index is 1.38. The summed E-state index contributed by atoms with van der Waals surface area (Å²) in [6, 6.07) is 43.5. The van der Waals surface area contributed by atoms with Crippen LogP contribution in [0.15, 0.2) is 109 Å². The Kier molecular flexibility index (Phi) is 6.85. The molecule has 0 fully saturated rings. The van der Waals surface area contributed by atoms with Crippen molar-refractivity contribution >= 4 is 82.7 Å². The minimum Gasteiger partial charge on any atom is -0.311 e. The summed E-state index contributed by atoms with van der Waals surface area (Å²) in [5.74, 6) is 0. The molecule has 0 amide bonds. The van der Waals surface area contributed by atoms with Gasteiger partial charge in [-0.15, -0.1) is 11.3 Å². The number of rotatable bonds is 0. The molecule has 2 nitrogen and oxygen atoms in total. The number of hydrogen-bond donors (Lipinski definition) is 0. The molecule has 12 rings (SSSR count). The van der Waals surface area contributed by atoms with E-state index < -0.39 is 0 Å². The third-order valence-electron chi connectivity index (χ3n) is 13.7. The van der Waals surface area contributed by atoms with Gasteiger partial charge < -0.3 is 9.47 Å². The molecule has 6 heterocycles. The van der Waals surface area contributed by atoms with Gasteiger partial charge in [-0.1, -0.05) is 143 Å². The highest BCUT2D eigenvalue weighted by molar-refractivity contribution is 7.26. The second kappa shape index (κ2) is 11.1. The van der Waals surface area contributed by atoms with Gasteiger partial charge in [0.15, 0.2) is 0 Å². The van der Waals surface area contributed by atoms with Crippen molar-refractivity contribution in [2.45, 2.75) is 97.8 Å². The van der Waals surface area contributed by atoms with Crippen LogP contribution in [0.5, 0.6) is 0 Å². The van der Waals surface area contributed by atoms with Crippen molar-refractivity contribution in [3.05, 3.63) is 137 Å². The highest BCUT2D eigenvalue weighted by Gasteiger charge is 2.45. The van der Waals surface area contributed by atoms with Gasteiger partial charge in [-0.2, -0.15) is 0 Å².